The van der Waals surface area contributed by atoms with Crippen molar-refractivity contribution in [2.24, 2.45) is 0 Å². The number of nitrogens with one attached hydrogen (secondary N) is 2. The van der Waals surface area contributed by atoms with E-state index in [0.29, 0.717) is 11.6 Å². The Balaban J connectivity index is 1.91. The summed E-state index contributed by atoms with van der Waals surface area (Å²) in [7, 11) is 0. The molecule has 0 aliphatic heterocycles. The van der Waals surface area contributed by atoms with Gasteiger partial charge in [0.25, 0.3) is 0 Å². The minimum Gasteiger partial charge on any atom is -0.334 e. The molecule has 0 aromatic heterocycles. The van der Waals surface area contributed by atoms with Crippen LogP contribution in [0.3, 0.4) is 0 Å². The van der Waals surface area contributed by atoms with E-state index in [2.05, 4.69) is 41.5 Å². The van der Waals surface area contributed by atoms with Gasteiger partial charge in [-0.2, -0.15) is 0 Å². The lowest BCUT2D eigenvalue weighted by molar-refractivity contribution is 0.237. The summed E-state index contributed by atoms with van der Waals surface area (Å²) in [6, 6.07) is 15.5. The van der Waals surface area contributed by atoms with E-state index in [4.69, 9.17) is 11.6 Å². The second-order valence-corrected chi connectivity index (χ2v) is 6.77. The molecule has 2 aromatic carbocycles. The predicted octanol–water partition coefficient (Wildman–Crippen LogP) is 4.74. The predicted molar refractivity (Wildman–Crippen MR) is 108 cm³/mol. The van der Waals surface area contributed by atoms with Gasteiger partial charge in [-0.25, -0.2) is 4.79 Å². The van der Waals surface area contributed by atoms with Crippen LogP contribution < -0.4 is 10.6 Å². The molecule has 0 aliphatic rings. The number of benzene rings is 2. The Labute approximate surface area is 161 Å². The van der Waals surface area contributed by atoms with Crippen LogP contribution in [0.4, 0.5) is 4.79 Å². The highest BCUT2D eigenvalue weighted by atomic mass is 35.5. The molecule has 140 valence electrons. The fourth-order valence-electron chi connectivity index (χ4n) is 2.83. The number of carbonyl (C=O) groups excluding carboxylic acids is 1. The van der Waals surface area contributed by atoms with Gasteiger partial charge in [-0.15, -0.1) is 0 Å². The summed E-state index contributed by atoms with van der Waals surface area (Å²) >= 11 is 5.91. The van der Waals surface area contributed by atoms with Gasteiger partial charge in [-0.05, 0) is 48.8 Å². The molecule has 0 aliphatic carbocycles. The molecule has 0 saturated heterocycles. The molecule has 1 atom stereocenters. The molecule has 0 heterocycles. The van der Waals surface area contributed by atoms with Crippen LogP contribution in [-0.2, 0) is 13.1 Å². The molecule has 2 amide bonds. The lowest BCUT2D eigenvalue weighted by Gasteiger charge is -2.20. The minimum absolute atomic E-state index is 0.0850. The second kappa shape index (κ2) is 10.2. The largest absolute Gasteiger partial charge is 0.334 e. The SMILES string of the molecule is CCN(CC)Cc1ccccc1CNC(=O)NC(C)c1ccc(Cl)cc1. The van der Waals surface area contributed by atoms with Crippen molar-refractivity contribution in [3.05, 3.63) is 70.2 Å². The highest BCUT2D eigenvalue weighted by Crippen LogP contribution is 2.16. The van der Waals surface area contributed by atoms with E-state index in [1.807, 2.05) is 43.3 Å². The van der Waals surface area contributed by atoms with E-state index in [9.17, 15) is 4.79 Å². The number of urea groups is 1. The summed E-state index contributed by atoms with van der Waals surface area (Å²) in [5.74, 6) is 0. The number of amides is 2. The third-order valence-electron chi connectivity index (χ3n) is 4.56. The average molecular weight is 374 g/mol. The van der Waals surface area contributed by atoms with E-state index in [1.54, 1.807) is 0 Å². The zero-order chi connectivity index (χ0) is 18.9. The number of halogens is 1. The number of nitrogens with zero attached hydrogens (tertiary/aromatic N) is 1. The van der Waals surface area contributed by atoms with Crippen LogP contribution in [0.1, 0.15) is 43.5 Å². The Morgan fingerprint density at radius 1 is 1.04 bits per heavy atom. The molecule has 26 heavy (non-hydrogen) atoms. The monoisotopic (exact) mass is 373 g/mol. The van der Waals surface area contributed by atoms with Gasteiger partial charge in [-0.3, -0.25) is 4.90 Å². The molecule has 0 radical (unpaired) electrons. The Morgan fingerprint density at radius 2 is 1.65 bits per heavy atom. The molecular weight excluding hydrogens is 346 g/mol. The maximum Gasteiger partial charge on any atom is 0.315 e. The normalized spacial score (nSPS) is 12.0. The Bertz CT molecular complexity index is 699. The van der Waals surface area contributed by atoms with Gasteiger partial charge in [0.2, 0.25) is 0 Å². The van der Waals surface area contributed by atoms with Crippen LogP contribution in [-0.4, -0.2) is 24.0 Å². The van der Waals surface area contributed by atoms with E-state index >= 15 is 0 Å². The third-order valence-corrected chi connectivity index (χ3v) is 4.82. The maximum atomic E-state index is 12.3. The number of rotatable bonds is 8. The summed E-state index contributed by atoms with van der Waals surface area (Å²) in [4.78, 5) is 14.6. The van der Waals surface area contributed by atoms with Crippen molar-refractivity contribution in [1.82, 2.24) is 15.5 Å². The third kappa shape index (κ3) is 6.04. The molecule has 4 nitrogen and oxygen atoms in total. The quantitative estimate of drug-likeness (QED) is 0.701. The van der Waals surface area contributed by atoms with Gasteiger partial charge >= 0.3 is 6.03 Å². The van der Waals surface area contributed by atoms with Crippen molar-refractivity contribution in [1.29, 1.82) is 0 Å². The number of hydrogen-bond donors (Lipinski definition) is 2. The topological polar surface area (TPSA) is 44.4 Å². The molecular formula is C21H28ClN3O. The van der Waals surface area contributed by atoms with Crippen LogP contribution in [0.25, 0.3) is 0 Å². The summed E-state index contributed by atoms with van der Waals surface area (Å²) < 4.78 is 0. The van der Waals surface area contributed by atoms with Crippen molar-refractivity contribution in [2.75, 3.05) is 13.1 Å². The van der Waals surface area contributed by atoms with Crippen LogP contribution in [0.5, 0.6) is 0 Å². The van der Waals surface area contributed by atoms with E-state index in [0.717, 1.165) is 30.8 Å². The molecule has 0 saturated carbocycles. The lowest BCUT2D eigenvalue weighted by atomic mass is 10.1. The molecule has 2 rings (SSSR count). The molecule has 1 unspecified atom stereocenters. The van der Waals surface area contributed by atoms with Gasteiger partial charge < -0.3 is 10.6 Å². The van der Waals surface area contributed by atoms with E-state index in [-0.39, 0.29) is 12.1 Å². The first-order valence-corrected chi connectivity index (χ1v) is 9.50. The minimum atomic E-state index is -0.176. The molecule has 5 heteroatoms. The summed E-state index contributed by atoms with van der Waals surface area (Å²) in [5.41, 5.74) is 3.42. The Morgan fingerprint density at radius 3 is 2.27 bits per heavy atom. The van der Waals surface area contributed by atoms with Crippen molar-refractivity contribution in [3.8, 4) is 0 Å². The molecule has 0 fully saturated rings. The molecule has 0 bridgehead atoms. The van der Waals surface area contributed by atoms with Gasteiger partial charge in [-0.1, -0.05) is 61.8 Å². The van der Waals surface area contributed by atoms with Crippen molar-refractivity contribution < 1.29 is 4.79 Å². The van der Waals surface area contributed by atoms with E-state index in [1.165, 1.54) is 5.56 Å². The first kappa shape index (κ1) is 20.3. The van der Waals surface area contributed by atoms with Gasteiger partial charge in [0.1, 0.15) is 0 Å². The van der Waals surface area contributed by atoms with Gasteiger partial charge in [0.05, 0.1) is 6.04 Å². The van der Waals surface area contributed by atoms with Gasteiger partial charge in [0, 0.05) is 18.1 Å². The fourth-order valence-corrected chi connectivity index (χ4v) is 2.96. The van der Waals surface area contributed by atoms with Crippen LogP contribution in [0.15, 0.2) is 48.5 Å². The molecule has 2 N–H and O–H groups in total. The highest BCUT2D eigenvalue weighted by molar-refractivity contribution is 6.30. The van der Waals surface area contributed by atoms with E-state index < -0.39 is 0 Å². The maximum absolute atomic E-state index is 12.3. The second-order valence-electron chi connectivity index (χ2n) is 6.33. The van der Waals surface area contributed by atoms with Crippen molar-refractivity contribution >= 4 is 17.6 Å². The number of hydrogen-bond acceptors (Lipinski definition) is 2. The highest BCUT2D eigenvalue weighted by Gasteiger charge is 2.11. The van der Waals surface area contributed by atoms with Crippen LogP contribution in [0, 0.1) is 0 Å². The standard InChI is InChI=1S/C21H28ClN3O/c1-4-25(5-2)15-19-9-7-6-8-18(19)14-23-21(26)24-16(3)17-10-12-20(22)13-11-17/h6-13,16H,4-5,14-15H2,1-3H3,(H2,23,24,26). The lowest BCUT2D eigenvalue weighted by Crippen LogP contribution is -2.37. The van der Waals surface area contributed by atoms with Crippen molar-refractivity contribution in [3.63, 3.8) is 0 Å². The zero-order valence-corrected chi connectivity index (χ0v) is 16.5. The summed E-state index contributed by atoms with van der Waals surface area (Å²) in [6.45, 7) is 9.71. The zero-order valence-electron chi connectivity index (χ0n) is 15.8. The summed E-state index contributed by atoms with van der Waals surface area (Å²) in [6.07, 6.45) is 0. The Kier molecular flexibility index (Phi) is 7.95. The Hall–Kier alpha value is -2.04. The fraction of sp³-hybridized carbons (Fsp3) is 0.381. The first-order valence-electron chi connectivity index (χ1n) is 9.12. The van der Waals surface area contributed by atoms with Crippen LogP contribution >= 0.6 is 11.6 Å². The van der Waals surface area contributed by atoms with Crippen molar-refractivity contribution in [2.45, 2.75) is 39.9 Å². The smallest absolute Gasteiger partial charge is 0.315 e. The average Bonchev–Trinajstić information content (AvgIpc) is 2.65. The van der Waals surface area contributed by atoms with Gasteiger partial charge in [0.15, 0.2) is 0 Å². The summed E-state index contributed by atoms with van der Waals surface area (Å²) in [5, 5.41) is 6.62. The first-order chi connectivity index (χ1) is 12.5. The molecule has 2 aromatic rings. The molecule has 0 spiro atoms. The van der Waals surface area contributed by atoms with Crippen LogP contribution in [0.2, 0.25) is 5.02 Å². The number of carbonyl (C=O) groups is 1.